The monoisotopic (exact) mass is 218 g/mol. The summed E-state index contributed by atoms with van der Waals surface area (Å²) in [6.07, 6.45) is 7.56. The summed E-state index contributed by atoms with van der Waals surface area (Å²) in [7, 11) is 0. The van der Waals surface area contributed by atoms with Crippen LogP contribution in [0.3, 0.4) is 0 Å². The molecule has 1 aliphatic carbocycles. The van der Waals surface area contributed by atoms with Gasteiger partial charge in [0.05, 0.1) is 0 Å². The number of nitrogens with one attached hydrogen (secondary N) is 1. The number of rotatable bonds is 1. The molecule has 1 aliphatic heterocycles. The van der Waals surface area contributed by atoms with Crippen LogP contribution in [0.4, 0.5) is 4.39 Å². The van der Waals surface area contributed by atoms with Gasteiger partial charge >= 0.3 is 0 Å². The van der Waals surface area contributed by atoms with Gasteiger partial charge in [-0.3, -0.25) is 0 Å². The molecule has 0 spiro atoms. The molecule has 2 aliphatic rings. The van der Waals surface area contributed by atoms with Crippen LogP contribution in [0.25, 0.3) is 5.57 Å². The van der Waals surface area contributed by atoms with E-state index in [0.717, 1.165) is 24.4 Å². The van der Waals surface area contributed by atoms with Crippen molar-refractivity contribution in [2.45, 2.75) is 25.3 Å². The van der Waals surface area contributed by atoms with E-state index >= 15 is 0 Å². The second kappa shape index (κ2) is 3.98. The minimum absolute atomic E-state index is 0.406. The molecular weight excluding hydrogens is 203 g/mol. The average molecular weight is 218 g/mol. The maximum absolute atomic E-state index is 12.7. The first-order valence-electron chi connectivity index (χ1n) is 5.89. The Balaban J connectivity index is 1.87. The molecule has 1 fully saturated rings. The van der Waals surface area contributed by atoms with Crippen LogP contribution in [0, 0.1) is 11.9 Å². The molecule has 3 heteroatoms. The first-order chi connectivity index (χ1) is 7.83. The van der Waals surface area contributed by atoms with Crippen molar-refractivity contribution in [3.63, 3.8) is 0 Å². The minimum Gasteiger partial charge on any atom is -0.310 e. The standard InChI is InChI=1S/C13H15FN2/c14-13-4-3-11(8-16-13)10-2-1-9-5-6-15-12(9)7-10/h3-4,7-9,12,15H,1-2,5-6H2/t9-,12-/m0/s1. The van der Waals surface area contributed by atoms with Crippen LogP contribution >= 0.6 is 0 Å². The molecule has 1 N–H and O–H groups in total. The number of pyridine rings is 1. The van der Waals surface area contributed by atoms with E-state index in [-0.39, 0.29) is 0 Å². The van der Waals surface area contributed by atoms with Crippen LogP contribution in [0.2, 0.25) is 0 Å². The molecule has 3 rings (SSSR count). The molecule has 0 saturated carbocycles. The Kier molecular flexibility index (Phi) is 2.48. The average Bonchev–Trinajstić information content (AvgIpc) is 2.77. The molecular formula is C13H15FN2. The summed E-state index contributed by atoms with van der Waals surface area (Å²) < 4.78 is 12.7. The van der Waals surface area contributed by atoms with E-state index < -0.39 is 5.95 Å². The second-order valence-electron chi connectivity index (χ2n) is 4.63. The summed E-state index contributed by atoms with van der Waals surface area (Å²) in [5, 5.41) is 3.50. The van der Waals surface area contributed by atoms with E-state index in [1.807, 2.05) is 6.07 Å². The van der Waals surface area contributed by atoms with Gasteiger partial charge in [0.25, 0.3) is 0 Å². The summed E-state index contributed by atoms with van der Waals surface area (Å²) in [5.74, 6) is 0.397. The van der Waals surface area contributed by atoms with Crippen LogP contribution in [0.15, 0.2) is 24.4 Å². The Morgan fingerprint density at radius 2 is 2.25 bits per heavy atom. The van der Waals surface area contributed by atoms with Crippen molar-refractivity contribution in [1.29, 1.82) is 0 Å². The zero-order valence-corrected chi connectivity index (χ0v) is 9.12. The van der Waals surface area contributed by atoms with Crippen molar-refractivity contribution >= 4 is 5.57 Å². The maximum Gasteiger partial charge on any atom is 0.212 e. The second-order valence-corrected chi connectivity index (χ2v) is 4.63. The van der Waals surface area contributed by atoms with Gasteiger partial charge in [-0.1, -0.05) is 6.08 Å². The fourth-order valence-corrected chi connectivity index (χ4v) is 2.75. The summed E-state index contributed by atoms with van der Waals surface area (Å²) in [6.45, 7) is 1.13. The highest BCUT2D eigenvalue weighted by Gasteiger charge is 2.28. The first-order valence-corrected chi connectivity index (χ1v) is 5.89. The summed E-state index contributed by atoms with van der Waals surface area (Å²) in [6, 6.07) is 3.78. The number of nitrogens with zero attached hydrogens (tertiary/aromatic N) is 1. The third kappa shape index (κ3) is 1.76. The van der Waals surface area contributed by atoms with Crippen LogP contribution in [0.5, 0.6) is 0 Å². The highest BCUT2D eigenvalue weighted by Crippen LogP contribution is 2.33. The molecule has 1 aromatic heterocycles. The zero-order valence-electron chi connectivity index (χ0n) is 9.12. The Morgan fingerprint density at radius 1 is 1.31 bits per heavy atom. The van der Waals surface area contributed by atoms with E-state index in [2.05, 4.69) is 16.4 Å². The number of hydrogen-bond acceptors (Lipinski definition) is 2. The Labute approximate surface area is 94.6 Å². The molecule has 1 saturated heterocycles. The lowest BCUT2D eigenvalue weighted by Gasteiger charge is -2.24. The topological polar surface area (TPSA) is 24.9 Å². The van der Waals surface area contributed by atoms with Gasteiger partial charge in [0.1, 0.15) is 0 Å². The van der Waals surface area contributed by atoms with Gasteiger partial charge in [-0.15, -0.1) is 0 Å². The van der Waals surface area contributed by atoms with Gasteiger partial charge in [-0.25, -0.2) is 4.98 Å². The number of aromatic nitrogens is 1. The molecule has 0 radical (unpaired) electrons. The summed E-state index contributed by atoms with van der Waals surface area (Å²) >= 11 is 0. The fourth-order valence-electron chi connectivity index (χ4n) is 2.75. The molecule has 16 heavy (non-hydrogen) atoms. The van der Waals surface area contributed by atoms with Gasteiger partial charge < -0.3 is 5.32 Å². The van der Waals surface area contributed by atoms with Gasteiger partial charge in [0.2, 0.25) is 5.95 Å². The van der Waals surface area contributed by atoms with E-state index in [4.69, 9.17) is 0 Å². The molecule has 84 valence electrons. The molecule has 0 aromatic carbocycles. The van der Waals surface area contributed by atoms with Crippen molar-refractivity contribution in [3.05, 3.63) is 35.9 Å². The normalized spacial score (nSPS) is 28.7. The third-order valence-electron chi connectivity index (χ3n) is 3.67. The van der Waals surface area contributed by atoms with Crippen LogP contribution < -0.4 is 5.32 Å². The number of allylic oxidation sites excluding steroid dienone is 1. The minimum atomic E-state index is -0.406. The lowest BCUT2D eigenvalue weighted by molar-refractivity contribution is 0.465. The quantitative estimate of drug-likeness (QED) is 0.732. The summed E-state index contributed by atoms with van der Waals surface area (Å²) in [4.78, 5) is 3.71. The largest absolute Gasteiger partial charge is 0.310 e. The van der Waals surface area contributed by atoms with Crippen LogP contribution in [0.1, 0.15) is 24.8 Å². The van der Waals surface area contributed by atoms with Crippen LogP contribution in [-0.2, 0) is 0 Å². The molecule has 0 amide bonds. The first kappa shape index (κ1) is 9.97. The van der Waals surface area contributed by atoms with Crippen molar-refractivity contribution in [1.82, 2.24) is 10.3 Å². The lowest BCUT2D eigenvalue weighted by atomic mass is 9.84. The van der Waals surface area contributed by atoms with Crippen molar-refractivity contribution < 1.29 is 4.39 Å². The molecule has 0 unspecified atom stereocenters. The van der Waals surface area contributed by atoms with Gasteiger partial charge in [0.15, 0.2) is 0 Å². The van der Waals surface area contributed by atoms with Gasteiger partial charge in [0, 0.05) is 12.2 Å². The molecule has 2 nitrogen and oxygen atoms in total. The van der Waals surface area contributed by atoms with E-state index in [0.29, 0.717) is 6.04 Å². The molecule has 0 bridgehead atoms. The van der Waals surface area contributed by atoms with Gasteiger partial charge in [-0.05, 0) is 55.0 Å². The Morgan fingerprint density at radius 3 is 3.06 bits per heavy atom. The van der Waals surface area contributed by atoms with Crippen LogP contribution in [-0.4, -0.2) is 17.6 Å². The molecule has 2 atom stereocenters. The predicted octanol–water partition coefficient (Wildman–Crippen LogP) is 2.38. The highest BCUT2D eigenvalue weighted by molar-refractivity contribution is 5.66. The van der Waals surface area contributed by atoms with Crippen molar-refractivity contribution in [2.24, 2.45) is 5.92 Å². The third-order valence-corrected chi connectivity index (χ3v) is 3.67. The summed E-state index contributed by atoms with van der Waals surface area (Å²) in [5.41, 5.74) is 2.37. The molecule has 1 aromatic rings. The maximum atomic E-state index is 12.7. The smallest absolute Gasteiger partial charge is 0.212 e. The predicted molar refractivity (Wildman–Crippen MR) is 61.3 cm³/mol. The number of fused-ring (bicyclic) bond motifs is 1. The van der Waals surface area contributed by atoms with E-state index in [1.54, 1.807) is 6.20 Å². The SMILES string of the molecule is Fc1ccc(C2=C[C@@H]3NCC[C@@H]3CC2)cn1. The number of hydrogen-bond donors (Lipinski definition) is 1. The Bertz CT molecular complexity index is 410. The van der Waals surface area contributed by atoms with Gasteiger partial charge in [-0.2, -0.15) is 4.39 Å². The van der Waals surface area contributed by atoms with Crippen molar-refractivity contribution in [2.75, 3.05) is 6.54 Å². The molecule has 2 heterocycles. The van der Waals surface area contributed by atoms with Crippen molar-refractivity contribution in [3.8, 4) is 0 Å². The van der Waals surface area contributed by atoms with E-state index in [9.17, 15) is 4.39 Å². The highest BCUT2D eigenvalue weighted by atomic mass is 19.1. The fraction of sp³-hybridized carbons (Fsp3) is 0.462. The van der Waals surface area contributed by atoms with E-state index in [1.165, 1.54) is 24.5 Å². The zero-order chi connectivity index (χ0) is 11.0. The Hall–Kier alpha value is -1.22. The number of halogens is 1. The lowest BCUT2D eigenvalue weighted by Crippen LogP contribution is -2.27.